The van der Waals surface area contributed by atoms with Crippen LogP contribution in [0.15, 0.2) is 0 Å². The number of hydrogen-bond acceptors (Lipinski definition) is 3. The summed E-state index contributed by atoms with van der Waals surface area (Å²) in [6, 6.07) is 0. The maximum absolute atomic E-state index is 11.2. The smallest absolute Gasteiger partial charge is 0.313 e. The van der Waals surface area contributed by atoms with Gasteiger partial charge < -0.3 is 4.74 Å². The van der Waals surface area contributed by atoms with Crippen LogP contribution in [0.1, 0.15) is 51.9 Å². The van der Waals surface area contributed by atoms with Crippen molar-refractivity contribution in [1.82, 2.24) is 0 Å². The van der Waals surface area contributed by atoms with E-state index in [4.69, 9.17) is 0 Å². The van der Waals surface area contributed by atoms with Crippen molar-refractivity contribution in [2.75, 3.05) is 0 Å². The van der Waals surface area contributed by atoms with E-state index in [1.54, 1.807) is 0 Å². The van der Waals surface area contributed by atoms with Crippen molar-refractivity contribution in [2.24, 2.45) is 17.8 Å². The molecule has 1 saturated carbocycles. The summed E-state index contributed by atoms with van der Waals surface area (Å²) >= 11 is 0. The van der Waals surface area contributed by atoms with Gasteiger partial charge in [-0.05, 0) is 30.6 Å². The van der Waals surface area contributed by atoms with Gasteiger partial charge in [0.2, 0.25) is 0 Å². The van der Waals surface area contributed by atoms with E-state index in [1.807, 2.05) is 0 Å². The summed E-state index contributed by atoms with van der Waals surface area (Å²) in [6.07, 6.45) is 7.06. The minimum Gasteiger partial charge on any atom is -0.393 e. The van der Waals surface area contributed by atoms with Gasteiger partial charge in [-0.1, -0.05) is 26.2 Å². The molecule has 2 fully saturated rings. The lowest BCUT2D eigenvalue weighted by Gasteiger charge is -2.34. The first kappa shape index (κ1) is 11.6. The zero-order chi connectivity index (χ0) is 11.5. The van der Waals surface area contributed by atoms with Crippen LogP contribution in [-0.4, -0.2) is 11.9 Å². The first-order valence-corrected chi connectivity index (χ1v) is 6.42. The normalized spacial score (nSPS) is 32.6. The second-order valence-corrected chi connectivity index (χ2v) is 5.20. The highest BCUT2D eigenvalue weighted by Crippen LogP contribution is 2.38. The second-order valence-electron chi connectivity index (χ2n) is 5.20. The van der Waals surface area contributed by atoms with Crippen molar-refractivity contribution < 1.29 is 14.3 Å². The molecule has 16 heavy (non-hydrogen) atoms. The van der Waals surface area contributed by atoms with Gasteiger partial charge in [0.05, 0.1) is 0 Å². The summed E-state index contributed by atoms with van der Waals surface area (Å²) in [5.74, 6) is 1.05. The molecule has 0 aromatic heterocycles. The Labute approximate surface area is 96.5 Å². The molecule has 0 atom stereocenters. The molecular weight excluding hydrogens is 204 g/mol. The van der Waals surface area contributed by atoms with E-state index in [0.29, 0.717) is 18.8 Å². The van der Waals surface area contributed by atoms with Crippen LogP contribution >= 0.6 is 0 Å². The highest BCUT2D eigenvalue weighted by molar-refractivity contribution is 5.88. The Balaban J connectivity index is 1.88. The minimum absolute atomic E-state index is 0.256. The molecule has 0 amide bonds. The lowest BCUT2D eigenvalue weighted by atomic mass is 9.73. The van der Waals surface area contributed by atoms with Crippen molar-refractivity contribution in [3.05, 3.63) is 0 Å². The van der Waals surface area contributed by atoms with Gasteiger partial charge in [0.25, 0.3) is 0 Å². The molecule has 0 radical (unpaired) electrons. The summed E-state index contributed by atoms with van der Waals surface area (Å²) < 4.78 is 4.57. The second kappa shape index (κ2) is 4.98. The molecule has 1 aliphatic heterocycles. The van der Waals surface area contributed by atoms with E-state index >= 15 is 0 Å². The van der Waals surface area contributed by atoms with Gasteiger partial charge >= 0.3 is 11.9 Å². The van der Waals surface area contributed by atoms with Crippen molar-refractivity contribution in [2.45, 2.75) is 51.9 Å². The summed E-state index contributed by atoms with van der Waals surface area (Å²) in [5.41, 5.74) is 0. The molecule has 0 bridgehead atoms. The lowest BCUT2D eigenvalue weighted by molar-refractivity contribution is -0.166. The zero-order valence-electron chi connectivity index (χ0n) is 9.91. The molecule has 1 saturated heterocycles. The van der Waals surface area contributed by atoms with Crippen molar-refractivity contribution in [3.8, 4) is 0 Å². The Bertz CT molecular complexity index is 261. The molecule has 3 nitrogen and oxygen atoms in total. The van der Waals surface area contributed by atoms with Gasteiger partial charge in [-0.3, -0.25) is 9.59 Å². The van der Waals surface area contributed by atoms with E-state index in [2.05, 4.69) is 11.7 Å². The number of esters is 2. The average molecular weight is 224 g/mol. The Hall–Kier alpha value is -0.860. The molecular formula is C13H20O3. The molecule has 0 N–H and O–H groups in total. The first-order valence-electron chi connectivity index (χ1n) is 6.42. The molecule has 90 valence electrons. The third-order valence-electron chi connectivity index (χ3n) is 4.22. The highest BCUT2D eigenvalue weighted by Gasteiger charge is 2.34. The first-order chi connectivity index (χ1) is 7.69. The highest BCUT2D eigenvalue weighted by atomic mass is 16.6. The number of carbonyl (C=O) groups is 2. The topological polar surface area (TPSA) is 43.4 Å². The van der Waals surface area contributed by atoms with Crippen LogP contribution in [0.25, 0.3) is 0 Å². The molecule has 0 unspecified atom stereocenters. The number of hydrogen-bond donors (Lipinski definition) is 0. The van der Waals surface area contributed by atoms with Gasteiger partial charge in [0.15, 0.2) is 0 Å². The zero-order valence-corrected chi connectivity index (χ0v) is 9.91. The number of carbonyl (C=O) groups excluding carboxylic acids is 2. The third kappa shape index (κ3) is 2.63. The summed E-state index contributed by atoms with van der Waals surface area (Å²) in [6.45, 7) is 2.24. The maximum Gasteiger partial charge on any atom is 0.313 e. The van der Waals surface area contributed by atoms with E-state index < -0.39 is 0 Å². The quantitative estimate of drug-likeness (QED) is 0.535. The van der Waals surface area contributed by atoms with Crippen LogP contribution in [0.5, 0.6) is 0 Å². The van der Waals surface area contributed by atoms with Gasteiger partial charge in [-0.2, -0.15) is 0 Å². The fraction of sp³-hybridized carbons (Fsp3) is 0.846. The Kier molecular flexibility index (Phi) is 3.62. The molecule has 0 aromatic carbocycles. The largest absolute Gasteiger partial charge is 0.393 e. The van der Waals surface area contributed by atoms with Crippen LogP contribution in [0.4, 0.5) is 0 Å². The molecule has 2 aliphatic rings. The van der Waals surface area contributed by atoms with Gasteiger partial charge in [-0.25, -0.2) is 0 Å². The van der Waals surface area contributed by atoms with Crippen LogP contribution in [0.2, 0.25) is 0 Å². The van der Waals surface area contributed by atoms with Crippen LogP contribution in [0.3, 0.4) is 0 Å². The van der Waals surface area contributed by atoms with E-state index in [0.717, 1.165) is 5.92 Å². The Morgan fingerprint density at radius 3 is 2.06 bits per heavy atom. The monoisotopic (exact) mass is 224 g/mol. The van der Waals surface area contributed by atoms with E-state index in [-0.39, 0.29) is 17.9 Å². The molecule has 3 heteroatoms. The van der Waals surface area contributed by atoms with Crippen LogP contribution < -0.4 is 0 Å². The van der Waals surface area contributed by atoms with E-state index in [9.17, 15) is 9.59 Å². The number of ether oxygens (including phenoxy) is 1. The molecule has 1 heterocycles. The van der Waals surface area contributed by atoms with Crippen LogP contribution in [-0.2, 0) is 14.3 Å². The van der Waals surface area contributed by atoms with Gasteiger partial charge in [0.1, 0.15) is 0 Å². The third-order valence-corrected chi connectivity index (χ3v) is 4.22. The summed E-state index contributed by atoms with van der Waals surface area (Å²) in [7, 11) is 0. The van der Waals surface area contributed by atoms with Crippen molar-refractivity contribution >= 4 is 11.9 Å². The van der Waals surface area contributed by atoms with Crippen molar-refractivity contribution in [3.63, 3.8) is 0 Å². The lowest BCUT2D eigenvalue weighted by Crippen LogP contribution is -2.32. The van der Waals surface area contributed by atoms with Crippen LogP contribution in [0, 0.1) is 17.8 Å². The molecule has 1 aliphatic carbocycles. The fourth-order valence-corrected chi connectivity index (χ4v) is 3.11. The Morgan fingerprint density at radius 2 is 1.56 bits per heavy atom. The predicted molar refractivity (Wildman–Crippen MR) is 59.6 cm³/mol. The SMILES string of the molecule is CCC1CCC(C2CC(=O)OC(=O)C2)CC1. The number of cyclic esters (lactones) is 2. The van der Waals surface area contributed by atoms with Gasteiger partial charge in [0, 0.05) is 12.8 Å². The maximum atomic E-state index is 11.2. The molecule has 2 rings (SSSR count). The number of rotatable bonds is 2. The predicted octanol–water partition coefficient (Wildman–Crippen LogP) is 2.68. The minimum atomic E-state index is -0.320. The van der Waals surface area contributed by atoms with Gasteiger partial charge in [-0.15, -0.1) is 0 Å². The Morgan fingerprint density at radius 1 is 1.00 bits per heavy atom. The molecule has 0 spiro atoms. The molecule has 0 aromatic rings. The fourth-order valence-electron chi connectivity index (χ4n) is 3.11. The average Bonchev–Trinajstić information content (AvgIpc) is 2.28. The van der Waals surface area contributed by atoms with E-state index in [1.165, 1.54) is 32.1 Å². The van der Waals surface area contributed by atoms with Crippen molar-refractivity contribution in [1.29, 1.82) is 0 Å². The summed E-state index contributed by atoms with van der Waals surface area (Å²) in [5, 5.41) is 0. The summed E-state index contributed by atoms with van der Waals surface area (Å²) in [4.78, 5) is 22.4. The standard InChI is InChI=1S/C13H20O3/c1-2-9-3-5-10(6-4-9)11-7-12(14)16-13(15)8-11/h9-11H,2-8H2,1H3.